The molecule has 0 saturated carbocycles. The number of morpholine rings is 1. The maximum Gasteiger partial charge on any atom is 0.282 e. The fraction of sp³-hybridized carbons (Fsp3) is 0.571. The van der Waals surface area contributed by atoms with Crippen molar-refractivity contribution in [1.82, 2.24) is 18.1 Å². The SMILES string of the molecule is Cc1cc2ccccc2n1CC(=O)N1CCN(S(=O)(=O)N2CC(C)OC(C)C2)CC1. The van der Waals surface area contributed by atoms with Gasteiger partial charge < -0.3 is 14.2 Å². The summed E-state index contributed by atoms with van der Waals surface area (Å²) in [6, 6.07) is 10.1. The molecule has 4 rings (SSSR count). The lowest BCUT2D eigenvalue weighted by molar-refractivity contribution is -0.133. The molecule has 2 aliphatic heterocycles. The van der Waals surface area contributed by atoms with E-state index >= 15 is 0 Å². The molecule has 0 radical (unpaired) electrons. The number of aryl methyl sites for hydroxylation is 1. The van der Waals surface area contributed by atoms with Crippen LogP contribution in [0.4, 0.5) is 0 Å². The molecule has 0 bridgehead atoms. The molecule has 2 fully saturated rings. The van der Waals surface area contributed by atoms with Crippen LogP contribution in [0, 0.1) is 6.92 Å². The Hall–Kier alpha value is -1.94. The summed E-state index contributed by atoms with van der Waals surface area (Å²) in [6.45, 7) is 8.24. The summed E-state index contributed by atoms with van der Waals surface area (Å²) >= 11 is 0. The minimum absolute atomic E-state index is 0.0186. The first-order valence-corrected chi connectivity index (χ1v) is 11.9. The molecule has 0 spiro atoms. The summed E-state index contributed by atoms with van der Waals surface area (Å²) in [6.07, 6.45) is -0.239. The predicted molar refractivity (Wildman–Crippen MR) is 115 cm³/mol. The van der Waals surface area contributed by atoms with Crippen molar-refractivity contribution in [3.8, 4) is 0 Å². The summed E-state index contributed by atoms with van der Waals surface area (Å²) in [5, 5.41) is 1.12. The zero-order valence-corrected chi connectivity index (χ0v) is 18.6. The van der Waals surface area contributed by atoms with Gasteiger partial charge in [0.05, 0.1) is 12.2 Å². The molecule has 2 aromatic rings. The molecule has 30 heavy (non-hydrogen) atoms. The molecular formula is C21H30N4O4S. The van der Waals surface area contributed by atoms with Gasteiger partial charge in [0.1, 0.15) is 6.54 Å². The van der Waals surface area contributed by atoms with Crippen LogP contribution in [0.5, 0.6) is 0 Å². The van der Waals surface area contributed by atoms with E-state index in [0.717, 1.165) is 16.6 Å². The first-order chi connectivity index (χ1) is 14.3. The van der Waals surface area contributed by atoms with Gasteiger partial charge in [-0.15, -0.1) is 0 Å². The lowest BCUT2D eigenvalue weighted by Gasteiger charge is -2.40. The van der Waals surface area contributed by atoms with Gasteiger partial charge in [-0.2, -0.15) is 17.0 Å². The number of fused-ring (bicyclic) bond motifs is 1. The number of hydrogen-bond acceptors (Lipinski definition) is 4. The van der Waals surface area contributed by atoms with Crippen LogP contribution in [0.1, 0.15) is 19.5 Å². The molecule has 1 aromatic carbocycles. The van der Waals surface area contributed by atoms with Crippen LogP contribution in [0.25, 0.3) is 10.9 Å². The van der Waals surface area contributed by atoms with Crippen LogP contribution in [0.3, 0.4) is 0 Å². The molecule has 1 aromatic heterocycles. The summed E-state index contributed by atoms with van der Waals surface area (Å²) in [7, 11) is -3.54. The number of piperazine rings is 1. The molecule has 3 heterocycles. The third kappa shape index (κ3) is 4.12. The molecule has 164 valence electrons. The molecule has 1 amide bonds. The number of carbonyl (C=O) groups is 1. The van der Waals surface area contributed by atoms with Crippen LogP contribution in [0.2, 0.25) is 0 Å². The second kappa shape index (κ2) is 8.30. The highest BCUT2D eigenvalue weighted by atomic mass is 32.2. The standard InChI is InChI=1S/C21H30N4O4S/c1-16-12-19-6-4-5-7-20(19)25(16)15-21(26)22-8-10-23(11-9-22)30(27,28)24-13-17(2)29-18(3)14-24/h4-7,12,17-18H,8-11,13-15H2,1-3H3. The molecule has 0 N–H and O–H groups in total. The van der Waals surface area contributed by atoms with Gasteiger partial charge in [-0.25, -0.2) is 0 Å². The van der Waals surface area contributed by atoms with Crippen molar-refractivity contribution in [1.29, 1.82) is 0 Å². The van der Waals surface area contributed by atoms with Crippen molar-refractivity contribution in [3.05, 3.63) is 36.0 Å². The Morgan fingerprint density at radius 1 is 1.03 bits per heavy atom. The Bertz CT molecular complexity index is 1020. The summed E-state index contributed by atoms with van der Waals surface area (Å²) in [5.41, 5.74) is 2.08. The van der Waals surface area contributed by atoms with Crippen molar-refractivity contribution >= 4 is 27.0 Å². The van der Waals surface area contributed by atoms with E-state index in [-0.39, 0.29) is 24.7 Å². The van der Waals surface area contributed by atoms with E-state index in [9.17, 15) is 13.2 Å². The Kier molecular flexibility index (Phi) is 5.89. The highest BCUT2D eigenvalue weighted by molar-refractivity contribution is 7.86. The van der Waals surface area contributed by atoms with Crippen LogP contribution >= 0.6 is 0 Å². The maximum atomic E-state index is 13.0. The molecular weight excluding hydrogens is 404 g/mol. The molecule has 2 saturated heterocycles. The van der Waals surface area contributed by atoms with Gasteiger partial charge in [0.15, 0.2) is 0 Å². The topological polar surface area (TPSA) is 75.1 Å². The van der Waals surface area contributed by atoms with Crippen LogP contribution in [-0.4, -0.2) is 83.9 Å². The number of hydrogen-bond donors (Lipinski definition) is 0. The van der Waals surface area contributed by atoms with E-state index in [4.69, 9.17) is 4.74 Å². The second-order valence-electron chi connectivity index (χ2n) is 8.29. The number of benzene rings is 1. The van der Waals surface area contributed by atoms with Gasteiger partial charge in [-0.05, 0) is 38.3 Å². The normalized spacial score (nSPS) is 24.4. The minimum atomic E-state index is -3.54. The Balaban J connectivity index is 1.39. The van der Waals surface area contributed by atoms with Gasteiger partial charge in [0.25, 0.3) is 10.2 Å². The van der Waals surface area contributed by atoms with Crippen molar-refractivity contribution < 1.29 is 17.9 Å². The first kappa shape index (κ1) is 21.3. The zero-order valence-electron chi connectivity index (χ0n) is 17.8. The molecule has 2 aliphatic rings. The second-order valence-corrected chi connectivity index (χ2v) is 10.2. The summed E-state index contributed by atoms with van der Waals surface area (Å²) < 4.78 is 36.8. The number of para-hydroxylation sites is 1. The average molecular weight is 435 g/mol. The van der Waals surface area contributed by atoms with Crippen LogP contribution < -0.4 is 0 Å². The average Bonchev–Trinajstić information content (AvgIpc) is 3.02. The Morgan fingerprint density at radius 3 is 2.33 bits per heavy atom. The molecule has 0 aliphatic carbocycles. The zero-order chi connectivity index (χ0) is 21.5. The first-order valence-electron chi connectivity index (χ1n) is 10.5. The molecule has 2 unspecified atom stereocenters. The maximum absolute atomic E-state index is 13.0. The largest absolute Gasteiger partial charge is 0.373 e. The van der Waals surface area contributed by atoms with Gasteiger partial charge in [0.2, 0.25) is 5.91 Å². The van der Waals surface area contributed by atoms with E-state index in [1.807, 2.05) is 49.6 Å². The predicted octanol–water partition coefficient (Wildman–Crippen LogP) is 1.45. The fourth-order valence-electron chi connectivity index (χ4n) is 4.44. The van der Waals surface area contributed by atoms with Gasteiger partial charge in [-0.1, -0.05) is 18.2 Å². The molecule has 8 nitrogen and oxygen atoms in total. The van der Waals surface area contributed by atoms with Gasteiger partial charge in [0, 0.05) is 50.5 Å². The van der Waals surface area contributed by atoms with Gasteiger partial charge >= 0.3 is 0 Å². The smallest absolute Gasteiger partial charge is 0.282 e. The highest BCUT2D eigenvalue weighted by Crippen LogP contribution is 2.21. The molecule has 9 heteroatoms. The fourth-order valence-corrected chi connectivity index (χ4v) is 6.19. The van der Waals surface area contributed by atoms with Crippen LogP contribution in [-0.2, 0) is 26.3 Å². The quantitative estimate of drug-likeness (QED) is 0.730. The number of rotatable bonds is 4. The number of aromatic nitrogens is 1. The van der Waals surface area contributed by atoms with Crippen molar-refractivity contribution in [2.24, 2.45) is 0 Å². The Labute approximate surface area is 178 Å². The van der Waals surface area contributed by atoms with Crippen molar-refractivity contribution in [3.63, 3.8) is 0 Å². The van der Waals surface area contributed by atoms with E-state index in [0.29, 0.717) is 39.3 Å². The third-order valence-corrected chi connectivity index (χ3v) is 7.91. The number of amides is 1. The minimum Gasteiger partial charge on any atom is -0.373 e. The molecule has 2 atom stereocenters. The van der Waals surface area contributed by atoms with Crippen LogP contribution in [0.15, 0.2) is 30.3 Å². The Morgan fingerprint density at radius 2 is 1.67 bits per heavy atom. The monoisotopic (exact) mass is 434 g/mol. The highest BCUT2D eigenvalue weighted by Gasteiger charge is 2.37. The number of nitrogens with zero attached hydrogens (tertiary/aromatic N) is 4. The van der Waals surface area contributed by atoms with Crippen molar-refractivity contribution in [2.75, 3.05) is 39.3 Å². The number of ether oxygens (including phenoxy) is 1. The van der Waals surface area contributed by atoms with E-state index in [1.54, 1.807) is 4.90 Å². The van der Waals surface area contributed by atoms with E-state index in [1.165, 1.54) is 8.61 Å². The number of carbonyl (C=O) groups excluding carboxylic acids is 1. The van der Waals surface area contributed by atoms with Gasteiger partial charge in [-0.3, -0.25) is 4.79 Å². The van der Waals surface area contributed by atoms with E-state index < -0.39 is 10.2 Å². The van der Waals surface area contributed by atoms with E-state index in [2.05, 4.69) is 6.07 Å². The van der Waals surface area contributed by atoms with Crippen molar-refractivity contribution in [2.45, 2.75) is 39.5 Å². The summed E-state index contributed by atoms with van der Waals surface area (Å²) in [4.78, 5) is 14.7. The lowest BCUT2D eigenvalue weighted by Crippen LogP contribution is -2.57. The summed E-state index contributed by atoms with van der Waals surface area (Å²) in [5.74, 6) is 0.0186. The lowest BCUT2D eigenvalue weighted by atomic mass is 10.2. The third-order valence-electron chi connectivity index (χ3n) is 5.94.